The molecule has 0 N–H and O–H groups in total. The lowest BCUT2D eigenvalue weighted by atomic mass is 10.1. The lowest BCUT2D eigenvalue weighted by Crippen LogP contribution is -2.20. The molecule has 3 heterocycles. The van der Waals surface area contributed by atoms with E-state index in [9.17, 15) is 10.1 Å². The van der Waals surface area contributed by atoms with Crippen LogP contribution in [0.25, 0.3) is 28.1 Å². The van der Waals surface area contributed by atoms with Crippen molar-refractivity contribution in [2.24, 2.45) is 7.05 Å². The second-order valence-corrected chi connectivity index (χ2v) is 6.19. The molecule has 5 rings (SSSR count). The Morgan fingerprint density at radius 1 is 1.36 bits per heavy atom. The number of aromatic nitrogens is 5. The van der Waals surface area contributed by atoms with E-state index in [4.69, 9.17) is 4.52 Å². The molecule has 1 fully saturated rings. The highest BCUT2D eigenvalue weighted by Crippen LogP contribution is 2.39. The Morgan fingerprint density at radius 3 is 2.96 bits per heavy atom. The Kier molecular flexibility index (Phi) is 2.65. The fraction of sp³-hybridized carbons (Fsp3) is 0.235. The van der Waals surface area contributed by atoms with E-state index in [1.165, 1.54) is 4.57 Å². The second kappa shape index (κ2) is 4.77. The van der Waals surface area contributed by atoms with Crippen LogP contribution in [0.3, 0.4) is 0 Å². The molecule has 0 aliphatic heterocycles. The van der Waals surface area contributed by atoms with E-state index in [0.29, 0.717) is 45.4 Å². The highest BCUT2D eigenvalue weighted by atomic mass is 16.5. The Bertz CT molecular complexity index is 1250. The number of benzene rings is 1. The summed E-state index contributed by atoms with van der Waals surface area (Å²) in [6.07, 6.45) is 3.73. The predicted molar refractivity (Wildman–Crippen MR) is 87.9 cm³/mol. The van der Waals surface area contributed by atoms with Crippen molar-refractivity contribution >= 4 is 16.6 Å². The van der Waals surface area contributed by atoms with E-state index in [-0.39, 0.29) is 5.56 Å². The van der Waals surface area contributed by atoms with Gasteiger partial charge in [0.15, 0.2) is 11.3 Å². The van der Waals surface area contributed by atoms with Crippen molar-refractivity contribution < 1.29 is 4.52 Å². The quantitative estimate of drug-likeness (QED) is 0.556. The maximum Gasteiger partial charge on any atom is 0.262 e. The van der Waals surface area contributed by atoms with Gasteiger partial charge in [-0.05, 0) is 25.0 Å². The van der Waals surface area contributed by atoms with Gasteiger partial charge in [0.25, 0.3) is 5.56 Å². The zero-order chi connectivity index (χ0) is 17.1. The molecule has 0 bridgehead atoms. The molecule has 0 spiro atoms. The number of nitriles is 1. The van der Waals surface area contributed by atoms with Crippen molar-refractivity contribution in [3.63, 3.8) is 0 Å². The van der Waals surface area contributed by atoms with Crippen LogP contribution in [0, 0.1) is 11.3 Å². The molecule has 0 radical (unpaired) electrons. The van der Waals surface area contributed by atoms with Gasteiger partial charge in [0, 0.05) is 13.0 Å². The average molecular weight is 332 g/mol. The van der Waals surface area contributed by atoms with E-state index in [2.05, 4.69) is 21.2 Å². The van der Waals surface area contributed by atoms with E-state index < -0.39 is 0 Å². The summed E-state index contributed by atoms with van der Waals surface area (Å²) in [5, 5.41) is 13.7. The van der Waals surface area contributed by atoms with Gasteiger partial charge in [-0.3, -0.25) is 13.8 Å². The molecule has 0 unspecified atom stereocenters. The van der Waals surface area contributed by atoms with Crippen LogP contribution in [0.5, 0.6) is 0 Å². The lowest BCUT2D eigenvalue weighted by molar-refractivity contribution is 0.380. The fourth-order valence-electron chi connectivity index (χ4n) is 3.15. The third-order valence-electron chi connectivity index (χ3n) is 4.58. The van der Waals surface area contributed by atoms with Crippen LogP contribution < -0.4 is 5.56 Å². The Balaban J connectivity index is 1.86. The highest BCUT2D eigenvalue weighted by molar-refractivity contribution is 5.88. The molecule has 1 aliphatic carbocycles. The third kappa shape index (κ3) is 1.86. The minimum absolute atomic E-state index is 0.257. The maximum absolute atomic E-state index is 12.8. The normalized spacial score (nSPS) is 14.2. The van der Waals surface area contributed by atoms with Crippen LogP contribution in [-0.2, 0) is 7.05 Å². The smallest absolute Gasteiger partial charge is 0.262 e. The van der Waals surface area contributed by atoms with Crippen molar-refractivity contribution in [2.45, 2.75) is 18.8 Å². The van der Waals surface area contributed by atoms with E-state index in [1.807, 2.05) is 0 Å². The van der Waals surface area contributed by atoms with Crippen LogP contribution in [-0.4, -0.2) is 24.1 Å². The summed E-state index contributed by atoms with van der Waals surface area (Å²) < 4.78 is 8.56. The minimum Gasteiger partial charge on any atom is -0.339 e. The van der Waals surface area contributed by atoms with Crippen LogP contribution >= 0.6 is 0 Å². The Hall–Kier alpha value is -3.47. The predicted octanol–water partition coefficient (Wildman–Crippen LogP) is 1.99. The molecular formula is C17H12N6O2. The third-order valence-corrected chi connectivity index (χ3v) is 4.58. The van der Waals surface area contributed by atoms with Gasteiger partial charge in [0.1, 0.15) is 12.4 Å². The molecule has 3 aromatic heterocycles. The van der Waals surface area contributed by atoms with Crippen LogP contribution in [0.1, 0.15) is 30.2 Å². The molecule has 4 aromatic rings. The van der Waals surface area contributed by atoms with Gasteiger partial charge in [-0.15, -0.1) is 0 Å². The molecule has 0 atom stereocenters. The molecule has 25 heavy (non-hydrogen) atoms. The Labute approximate surface area is 140 Å². The zero-order valence-corrected chi connectivity index (χ0v) is 13.3. The van der Waals surface area contributed by atoms with Gasteiger partial charge < -0.3 is 4.52 Å². The van der Waals surface area contributed by atoms with Gasteiger partial charge in [-0.25, -0.2) is 4.98 Å². The first-order chi connectivity index (χ1) is 12.2. The van der Waals surface area contributed by atoms with Gasteiger partial charge in [-0.2, -0.15) is 10.2 Å². The number of hydrogen-bond donors (Lipinski definition) is 0. The number of fused-ring (bicyclic) bond motifs is 3. The van der Waals surface area contributed by atoms with Crippen LogP contribution in [0.15, 0.2) is 33.8 Å². The second-order valence-electron chi connectivity index (χ2n) is 6.19. The Morgan fingerprint density at radius 2 is 2.20 bits per heavy atom. The number of aryl methyl sites for hydroxylation is 1. The fourth-order valence-corrected chi connectivity index (χ4v) is 3.15. The SMILES string of the molecule is Cn1c(=O)c2c(C#N)cccc2n2cnc(-c3noc(C4CC4)n3)c12. The number of hydrogen-bond acceptors (Lipinski definition) is 6. The first kappa shape index (κ1) is 13.9. The molecule has 8 heteroatoms. The van der Waals surface area contributed by atoms with Crippen molar-refractivity contribution in [2.75, 3.05) is 0 Å². The maximum atomic E-state index is 12.8. The summed E-state index contributed by atoms with van der Waals surface area (Å²) in [7, 11) is 1.65. The number of nitrogens with zero attached hydrogens (tertiary/aromatic N) is 6. The highest BCUT2D eigenvalue weighted by Gasteiger charge is 2.30. The molecule has 8 nitrogen and oxygen atoms in total. The van der Waals surface area contributed by atoms with Crippen LogP contribution in [0.4, 0.5) is 0 Å². The van der Waals surface area contributed by atoms with Gasteiger partial charge in [0.05, 0.1) is 16.5 Å². The van der Waals surface area contributed by atoms with Crippen LogP contribution in [0.2, 0.25) is 0 Å². The molecular weight excluding hydrogens is 320 g/mol. The van der Waals surface area contributed by atoms with E-state index in [0.717, 1.165) is 12.8 Å². The topological polar surface area (TPSA) is 102 Å². The number of rotatable bonds is 2. The van der Waals surface area contributed by atoms with Crippen molar-refractivity contribution in [3.8, 4) is 17.6 Å². The number of imidazole rings is 1. The summed E-state index contributed by atoms with van der Waals surface area (Å²) in [5.41, 5.74) is 1.76. The minimum atomic E-state index is -0.257. The summed E-state index contributed by atoms with van der Waals surface area (Å²) in [4.78, 5) is 21.7. The first-order valence-electron chi connectivity index (χ1n) is 7.92. The van der Waals surface area contributed by atoms with E-state index >= 15 is 0 Å². The summed E-state index contributed by atoms with van der Waals surface area (Å²) in [6, 6.07) is 7.25. The van der Waals surface area contributed by atoms with Crippen molar-refractivity contribution in [1.82, 2.24) is 24.1 Å². The van der Waals surface area contributed by atoms with E-state index in [1.54, 1.807) is 36.0 Å². The van der Waals surface area contributed by atoms with Gasteiger partial charge in [0.2, 0.25) is 11.7 Å². The van der Waals surface area contributed by atoms with Crippen molar-refractivity contribution in [1.29, 1.82) is 5.26 Å². The summed E-state index contributed by atoms with van der Waals surface area (Å²) in [5.74, 6) is 1.34. The summed E-state index contributed by atoms with van der Waals surface area (Å²) >= 11 is 0. The molecule has 0 amide bonds. The van der Waals surface area contributed by atoms with Gasteiger partial charge >= 0.3 is 0 Å². The standard InChI is InChI=1S/C17H12N6O2/c1-22-16-13(14-20-15(25-21-14)9-5-6-9)19-8-23(16)11-4-2-3-10(7-18)12(11)17(22)24/h2-4,8-9H,5-6H2,1H3. The largest absolute Gasteiger partial charge is 0.339 e. The van der Waals surface area contributed by atoms with Crippen molar-refractivity contribution in [3.05, 3.63) is 46.3 Å². The monoisotopic (exact) mass is 332 g/mol. The zero-order valence-electron chi connectivity index (χ0n) is 13.3. The van der Waals surface area contributed by atoms with Gasteiger partial charge in [-0.1, -0.05) is 11.2 Å². The summed E-state index contributed by atoms with van der Waals surface area (Å²) in [6.45, 7) is 0. The lowest BCUT2D eigenvalue weighted by Gasteiger charge is -2.08. The molecule has 0 saturated heterocycles. The first-order valence-corrected chi connectivity index (χ1v) is 7.92. The molecule has 1 aliphatic rings. The molecule has 1 saturated carbocycles. The molecule has 122 valence electrons. The molecule has 1 aromatic carbocycles. The average Bonchev–Trinajstić information content (AvgIpc) is 3.20.